The number of amidine groups is 1. The number of hydrogen-bond acceptors (Lipinski definition) is 4. The first kappa shape index (κ1) is 14.8. The van der Waals surface area contributed by atoms with Gasteiger partial charge in [0.1, 0.15) is 0 Å². The van der Waals surface area contributed by atoms with Crippen molar-refractivity contribution in [3.05, 3.63) is 12.2 Å². The van der Waals surface area contributed by atoms with Gasteiger partial charge in [-0.2, -0.15) is 0 Å². The van der Waals surface area contributed by atoms with Gasteiger partial charge < -0.3 is 10.2 Å². The van der Waals surface area contributed by atoms with E-state index in [4.69, 9.17) is 4.99 Å². The summed E-state index contributed by atoms with van der Waals surface area (Å²) in [5.74, 6) is 1.51. The molecular weight excluding hydrogens is 294 g/mol. The summed E-state index contributed by atoms with van der Waals surface area (Å²) in [4.78, 5) is 19.5. The molecule has 2 aliphatic carbocycles. The van der Waals surface area contributed by atoms with Crippen molar-refractivity contribution in [3.8, 4) is 0 Å². The third kappa shape index (κ3) is 3.11. The van der Waals surface area contributed by atoms with Crippen LogP contribution in [-0.2, 0) is 4.79 Å². The van der Waals surface area contributed by atoms with E-state index in [-0.39, 0.29) is 11.2 Å². The molecule has 0 spiro atoms. The summed E-state index contributed by atoms with van der Waals surface area (Å²) < 4.78 is 0. The molecule has 22 heavy (non-hydrogen) atoms. The van der Waals surface area contributed by atoms with E-state index in [0.717, 1.165) is 24.1 Å². The van der Waals surface area contributed by atoms with Crippen LogP contribution in [0.15, 0.2) is 17.1 Å². The number of likely N-dealkylation sites (tertiary alicyclic amines) is 1. The van der Waals surface area contributed by atoms with Crippen LogP contribution >= 0.6 is 11.8 Å². The molecule has 1 N–H and O–H groups in total. The number of piperidine rings is 1. The van der Waals surface area contributed by atoms with Crippen molar-refractivity contribution in [1.82, 2.24) is 10.2 Å². The van der Waals surface area contributed by atoms with E-state index in [9.17, 15) is 4.79 Å². The van der Waals surface area contributed by atoms with Gasteiger partial charge in [-0.3, -0.25) is 9.79 Å². The summed E-state index contributed by atoms with van der Waals surface area (Å²) in [5, 5.41) is 3.95. The maximum atomic E-state index is 12.1. The molecule has 4 aliphatic rings. The Morgan fingerprint density at radius 1 is 1.23 bits per heavy atom. The number of thioether (sulfide) groups is 1. The van der Waals surface area contributed by atoms with Crippen molar-refractivity contribution in [2.24, 2.45) is 16.8 Å². The molecule has 1 saturated carbocycles. The maximum absolute atomic E-state index is 12.1. The summed E-state index contributed by atoms with van der Waals surface area (Å²) in [6.07, 6.45) is 12.0. The number of aliphatic imine (C=N–C) groups is 1. The van der Waals surface area contributed by atoms with E-state index in [1.807, 2.05) is 0 Å². The Hall–Kier alpha value is -0.810. The van der Waals surface area contributed by atoms with Crippen LogP contribution in [0.2, 0.25) is 0 Å². The lowest BCUT2D eigenvalue weighted by molar-refractivity contribution is -0.119. The van der Waals surface area contributed by atoms with Crippen LogP contribution in [0.4, 0.5) is 0 Å². The van der Waals surface area contributed by atoms with Crippen LogP contribution in [0.25, 0.3) is 0 Å². The van der Waals surface area contributed by atoms with Gasteiger partial charge in [-0.05, 0) is 63.6 Å². The van der Waals surface area contributed by atoms with Gasteiger partial charge in [0.2, 0.25) is 5.91 Å². The van der Waals surface area contributed by atoms with Crippen LogP contribution in [0.3, 0.4) is 0 Å². The zero-order valence-electron chi connectivity index (χ0n) is 13.0. The second-order valence-corrected chi connectivity index (χ2v) is 8.26. The highest BCUT2D eigenvalue weighted by molar-refractivity contribution is 8.15. The summed E-state index contributed by atoms with van der Waals surface area (Å²) >= 11 is 1.66. The highest BCUT2D eigenvalue weighted by Gasteiger charge is 2.37. The molecule has 4 nitrogen and oxygen atoms in total. The van der Waals surface area contributed by atoms with Crippen molar-refractivity contribution >= 4 is 22.8 Å². The molecule has 5 heteroatoms. The minimum absolute atomic E-state index is 0.0646. The zero-order chi connectivity index (χ0) is 14.9. The Morgan fingerprint density at radius 2 is 2.09 bits per heavy atom. The van der Waals surface area contributed by atoms with Gasteiger partial charge >= 0.3 is 0 Å². The van der Waals surface area contributed by atoms with E-state index >= 15 is 0 Å². The van der Waals surface area contributed by atoms with Crippen LogP contribution in [0.1, 0.15) is 38.5 Å². The van der Waals surface area contributed by atoms with Gasteiger partial charge in [-0.15, -0.1) is 0 Å². The number of fused-ring (bicyclic) bond motifs is 2. The van der Waals surface area contributed by atoms with E-state index in [1.165, 1.54) is 45.2 Å². The third-order valence-electron chi connectivity index (χ3n) is 5.46. The number of carbonyl (C=O) groups is 1. The maximum Gasteiger partial charge on any atom is 0.239 e. The van der Waals surface area contributed by atoms with Crippen LogP contribution in [0.5, 0.6) is 0 Å². The Bertz CT molecular complexity index is 498. The molecule has 0 aromatic carbocycles. The fraction of sp³-hybridized carbons (Fsp3) is 0.765. The number of rotatable bonds is 4. The molecule has 0 aromatic heterocycles. The van der Waals surface area contributed by atoms with Crippen molar-refractivity contribution in [3.63, 3.8) is 0 Å². The minimum Gasteiger partial charge on any atom is -0.304 e. The summed E-state index contributed by atoms with van der Waals surface area (Å²) in [6.45, 7) is 3.46. The summed E-state index contributed by atoms with van der Waals surface area (Å²) in [7, 11) is 0. The molecule has 3 fully saturated rings. The van der Waals surface area contributed by atoms with Gasteiger partial charge in [0.15, 0.2) is 5.17 Å². The lowest BCUT2D eigenvalue weighted by atomic mass is 10.0. The average molecular weight is 319 g/mol. The topological polar surface area (TPSA) is 44.7 Å². The molecule has 1 amide bonds. The van der Waals surface area contributed by atoms with Crippen LogP contribution in [0, 0.1) is 11.8 Å². The Kier molecular flexibility index (Phi) is 4.27. The SMILES string of the molecule is O=C1NC(=NC2CC3C=CC2C3)SC1CCN1CCCCC1. The highest BCUT2D eigenvalue weighted by Crippen LogP contribution is 2.41. The predicted octanol–water partition coefficient (Wildman–Crippen LogP) is 2.41. The zero-order valence-corrected chi connectivity index (χ0v) is 13.9. The lowest BCUT2D eigenvalue weighted by Crippen LogP contribution is -2.33. The lowest BCUT2D eigenvalue weighted by Gasteiger charge is -2.26. The Balaban J connectivity index is 1.30. The predicted molar refractivity (Wildman–Crippen MR) is 91.0 cm³/mol. The number of carbonyl (C=O) groups excluding carboxylic acids is 1. The molecule has 120 valence electrons. The number of allylic oxidation sites excluding steroid dienone is 1. The number of hydrogen-bond donors (Lipinski definition) is 1. The molecule has 0 radical (unpaired) electrons. The van der Waals surface area contributed by atoms with Crippen molar-refractivity contribution in [1.29, 1.82) is 0 Å². The molecule has 0 aromatic rings. The molecule has 2 saturated heterocycles. The highest BCUT2D eigenvalue weighted by atomic mass is 32.2. The van der Waals surface area contributed by atoms with Crippen molar-refractivity contribution < 1.29 is 4.79 Å². The number of nitrogens with zero attached hydrogens (tertiary/aromatic N) is 2. The second kappa shape index (κ2) is 6.36. The largest absolute Gasteiger partial charge is 0.304 e. The standard InChI is InChI=1S/C17H25N3OS/c21-16-15(6-9-20-7-2-1-3-8-20)22-17(19-16)18-14-11-12-4-5-13(14)10-12/h4-5,12-15H,1-3,6-11H2,(H,18,19,21). The van der Waals surface area contributed by atoms with Crippen LogP contribution in [-0.4, -0.2) is 46.9 Å². The van der Waals surface area contributed by atoms with Crippen LogP contribution < -0.4 is 5.32 Å². The molecular formula is C17H25N3OS. The first-order valence-electron chi connectivity index (χ1n) is 8.74. The normalized spacial score (nSPS) is 39.8. The quantitative estimate of drug-likeness (QED) is 0.809. The Morgan fingerprint density at radius 3 is 2.82 bits per heavy atom. The molecule has 2 aliphatic heterocycles. The van der Waals surface area contributed by atoms with Gasteiger partial charge in [0.25, 0.3) is 0 Å². The Labute approximate surface area is 136 Å². The molecule has 4 rings (SSSR count). The van der Waals surface area contributed by atoms with E-state index in [1.54, 1.807) is 11.8 Å². The molecule has 4 unspecified atom stereocenters. The summed E-state index contributed by atoms with van der Waals surface area (Å²) in [6, 6.07) is 0.402. The number of amides is 1. The smallest absolute Gasteiger partial charge is 0.239 e. The summed E-state index contributed by atoms with van der Waals surface area (Å²) in [5.41, 5.74) is 0. The molecule has 4 atom stereocenters. The number of nitrogens with one attached hydrogen (secondary N) is 1. The second-order valence-electron chi connectivity index (χ2n) is 7.07. The van der Waals surface area contributed by atoms with Gasteiger partial charge in [-0.25, -0.2) is 0 Å². The molecule has 2 heterocycles. The van der Waals surface area contributed by atoms with E-state index < -0.39 is 0 Å². The van der Waals surface area contributed by atoms with E-state index in [0.29, 0.717) is 12.0 Å². The molecule has 2 bridgehead atoms. The first-order chi connectivity index (χ1) is 10.8. The van der Waals surface area contributed by atoms with Gasteiger partial charge in [-0.1, -0.05) is 30.3 Å². The fourth-order valence-electron chi connectivity index (χ4n) is 4.19. The minimum atomic E-state index is 0.0646. The monoisotopic (exact) mass is 319 g/mol. The van der Waals surface area contributed by atoms with E-state index in [2.05, 4.69) is 22.4 Å². The van der Waals surface area contributed by atoms with Gasteiger partial charge in [0, 0.05) is 0 Å². The van der Waals surface area contributed by atoms with Crippen molar-refractivity contribution in [2.45, 2.75) is 49.8 Å². The van der Waals surface area contributed by atoms with Gasteiger partial charge in [0.05, 0.1) is 11.3 Å². The average Bonchev–Trinajstić information content (AvgIpc) is 3.22. The fourth-order valence-corrected chi connectivity index (χ4v) is 5.20. The van der Waals surface area contributed by atoms with Crippen molar-refractivity contribution in [2.75, 3.05) is 19.6 Å². The third-order valence-corrected chi connectivity index (χ3v) is 6.62. The first-order valence-corrected chi connectivity index (χ1v) is 9.62.